The molecule has 2 saturated heterocycles. The van der Waals surface area contributed by atoms with Crippen LogP contribution in [0.25, 0.3) is 5.57 Å². The first-order chi connectivity index (χ1) is 27.1. The molecule has 57 heavy (non-hydrogen) atoms. The van der Waals surface area contributed by atoms with Crippen molar-refractivity contribution in [3.63, 3.8) is 0 Å². The van der Waals surface area contributed by atoms with Crippen LogP contribution in [-0.4, -0.2) is 94.1 Å². The van der Waals surface area contributed by atoms with Crippen LogP contribution < -0.4 is 16.4 Å². The molecule has 4 amide bonds. The quantitative estimate of drug-likeness (QED) is 0.116. The van der Waals surface area contributed by atoms with Crippen LogP contribution >= 0.6 is 7.37 Å². The number of ketones is 1. The molecule has 2 heterocycles. The fourth-order valence-electron chi connectivity index (χ4n) is 7.95. The van der Waals surface area contributed by atoms with Gasteiger partial charge < -0.3 is 26.2 Å². The molecule has 2 aliphatic heterocycles. The van der Waals surface area contributed by atoms with Crippen molar-refractivity contribution in [2.45, 2.75) is 102 Å². The van der Waals surface area contributed by atoms with Crippen LogP contribution in [-0.2, 0) is 34.7 Å². The Hall–Kier alpha value is -4.90. The molecule has 5 rings (SSSR count). The topological polar surface area (TPSA) is 179 Å². The summed E-state index contributed by atoms with van der Waals surface area (Å²) in [6.45, 7) is 8.08. The molecule has 12 nitrogen and oxygen atoms in total. The van der Waals surface area contributed by atoms with Gasteiger partial charge in [0.1, 0.15) is 12.1 Å². The van der Waals surface area contributed by atoms with E-state index >= 15 is 0 Å². The minimum absolute atomic E-state index is 0.0254. The summed E-state index contributed by atoms with van der Waals surface area (Å²) in [4.78, 5) is 81.8. The number of nitrogens with one attached hydrogen (secondary N) is 2. The number of hydrogen-bond donors (Lipinski definition) is 4. The molecule has 2 aliphatic rings. The molecule has 2 fully saturated rings. The Labute approximate surface area is 335 Å². The lowest BCUT2D eigenvalue weighted by atomic mass is 9.85. The fraction of sp³-hybridized carbons (Fsp3) is 0.432. The molecule has 0 saturated carbocycles. The maximum atomic E-state index is 14.5. The first-order valence-electron chi connectivity index (χ1n) is 19.7. The zero-order valence-electron chi connectivity index (χ0n) is 33.3. The monoisotopic (exact) mass is 797 g/mol. The molecule has 0 aliphatic carbocycles. The van der Waals surface area contributed by atoms with Gasteiger partial charge in [0.05, 0.1) is 6.04 Å². The summed E-state index contributed by atoms with van der Waals surface area (Å²) in [7, 11) is -3.23. The van der Waals surface area contributed by atoms with Crippen molar-refractivity contribution in [1.29, 1.82) is 0 Å². The van der Waals surface area contributed by atoms with Gasteiger partial charge in [-0.3, -0.25) is 33.4 Å². The Morgan fingerprint density at radius 2 is 1.54 bits per heavy atom. The second kappa shape index (κ2) is 19.5. The summed E-state index contributed by atoms with van der Waals surface area (Å²) < 4.78 is 11.9. The third-order valence-corrected chi connectivity index (χ3v) is 11.9. The van der Waals surface area contributed by atoms with Crippen molar-refractivity contribution < 1.29 is 33.4 Å². The van der Waals surface area contributed by atoms with Crippen molar-refractivity contribution in [2.24, 2.45) is 5.73 Å². The van der Waals surface area contributed by atoms with E-state index in [-0.39, 0.29) is 61.7 Å². The Balaban J connectivity index is 1.34. The van der Waals surface area contributed by atoms with E-state index < -0.39 is 43.2 Å². The van der Waals surface area contributed by atoms with Gasteiger partial charge >= 0.3 is 0 Å². The highest BCUT2D eigenvalue weighted by Crippen LogP contribution is 2.39. The second-order valence-electron chi connectivity index (χ2n) is 15.8. The van der Waals surface area contributed by atoms with Gasteiger partial charge in [0.25, 0.3) is 0 Å². The number of hydrogen-bond acceptors (Lipinski definition) is 7. The third-order valence-electron chi connectivity index (χ3n) is 11.0. The maximum Gasteiger partial charge on any atom is 0.247 e. The van der Waals surface area contributed by atoms with E-state index in [0.717, 1.165) is 16.7 Å². The number of nitrogens with zero attached hydrogens (tertiary/aromatic N) is 2. The highest BCUT2D eigenvalue weighted by molar-refractivity contribution is 7.56. The van der Waals surface area contributed by atoms with Crippen molar-refractivity contribution in [1.82, 2.24) is 20.4 Å². The van der Waals surface area contributed by atoms with E-state index in [0.29, 0.717) is 36.9 Å². The minimum Gasteiger partial charge on any atom is -0.370 e. The molecule has 5 N–H and O–H groups in total. The summed E-state index contributed by atoms with van der Waals surface area (Å²) in [6, 6.07) is 23.4. The lowest BCUT2D eigenvalue weighted by Crippen LogP contribution is -2.61. The van der Waals surface area contributed by atoms with E-state index in [4.69, 9.17) is 5.73 Å². The van der Waals surface area contributed by atoms with Gasteiger partial charge in [0, 0.05) is 62.8 Å². The summed E-state index contributed by atoms with van der Waals surface area (Å²) in [5.74, 6) is -2.43. The molecule has 1 unspecified atom stereocenters. The number of Topliss-reactive ketones (excluding diaryl/α,β-unsaturated/α-hetero) is 1. The number of amides is 4. The van der Waals surface area contributed by atoms with E-state index in [1.54, 1.807) is 36.1 Å². The molecule has 3 aromatic carbocycles. The van der Waals surface area contributed by atoms with Crippen LogP contribution in [0.15, 0.2) is 91.0 Å². The number of carbonyl (C=O) groups is 5. The highest BCUT2D eigenvalue weighted by Gasteiger charge is 2.45. The zero-order chi connectivity index (χ0) is 41.3. The number of nitrogens with two attached hydrogens (primary N) is 1. The number of fused-ring (bicyclic) bond motifs is 1. The molecule has 0 bridgehead atoms. The summed E-state index contributed by atoms with van der Waals surface area (Å²) in [6.07, 6.45) is 3.09. The maximum absolute atomic E-state index is 14.5. The smallest absolute Gasteiger partial charge is 0.247 e. The Bertz CT molecular complexity index is 1930. The standard InChI is InChI=1S/C44H56N5O7P/c1-29(2)48-24-23-35-19-21-39(49(35)44(54)38(27-48)46-42(52)25-30(3)32-17-15-31(16-18-32)28-57(4,55)56)43(53)47-37(20-22-41(45)51)40(50)26-36(33-11-7-5-8-12-33)34-13-9-6-10-14-34/h5-18,25,29,35-39H,19-24,26-28H2,1-4H3,(H2,45,51)(H,46,52)(H,47,53)(H,55,56)/b30-25+/t35-,37+,38+,39+/m1/s1. The van der Waals surface area contributed by atoms with E-state index in [2.05, 4.69) is 15.5 Å². The molecular formula is C44H56N5O7P. The van der Waals surface area contributed by atoms with Gasteiger partial charge in [-0.15, -0.1) is 0 Å². The molecule has 304 valence electrons. The van der Waals surface area contributed by atoms with E-state index in [1.807, 2.05) is 74.5 Å². The molecular weight excluding hydrogens is 741 g/mol. The van der Waals surface area contributed by atoms with Gasteiger partial charge in [0.15, 0.2) is 5.78 Å². The number of allylic oxidation sites excluding steroid dienone is 1. The number of primary amides is 1. The van der Waals surface area contributed by atoms with Gasteiger partial charge in [-0.25, -0.2) is 0 Å². The van der Waals surface area contributed by atoms with Crippen LogP contribution in [0.4, 0.5) is 0 Å². The van der Waals surface area contributed by atoms with Crippen LogP contribution in [0.2, 0.25) is 0 Å². The molecule has 0 radical (unpaired) electrons. The normalized spacial score (nSPS) is 20.6. The second-order valence-corrected chi connectivity index (χ2v) is 18.2. The number of benzene rings is 3. The van der Waals surface area contributed by atoms with Crippen molar-refractivity contribution in [3.8, 4) is 0 Å². The molecule has 5 atom stereocenters. The number of carbonyl (C=O) groups excluding carboxylic acids is 5. The molecule has 0 aromatic heterocycles. The largest absolute Gasteiger partial charge is 0.370 e. The highest BCUT2D eigenvalue weighted by atomic mass is 31.2. The average Bonchev–Trinajstić information content (AvgIpc) is 3.59. The summed E-state index contributed by atoms with van der Waals surface area (Å²) in [5.41, 5.74) is 9.51. The predicted octanol–water partition coefficient (Wildman–Crippen LogP) is 4.99. The first-order valence-corrected chi connectivity index (χ1v) is 22.0. The van der Waals surface area contributed by atoms with Crippen LogP contribution in [0, 0.1) is 0 Å². The average molecular weight is 798 g/mol. The Morgan fingerprint density at radius 3 is 2.11 bits per heavy atom. The van der Waals surface area contributed by atoms with Crippen LogP contribution in [0.5, 0.6) is 0 Å². The zero-order valence-corrected chi connectivity index (χ0v) is 34.2. The lowest BCUT2D eigenvalue weighted by Gasteiger charge is -2.40. The Kier molecular flexibility index (Phi) is 14.8. The van der Waals surface area contributed by atoms with Gasteiger partial charge in [-0.1, -0.05) is 84.9 Å². The van der Waals surface area contributed by atoms with Crippen molar-refractivity contribution in [3.05, 3.63) is 113 Å². The predicted molar refractivity (Wildman–Crippen MR) is 221 cm³/mol. The van der Waals surface area contributed by atoms with Crippen molar-refractivity contribution in [2.75, 3.05) is 19.8 Å². The van der Waals surface area contributed by atoms with E-state index in [1.165, 1.54) is 12.7 Å². The first kappa shape index (κ1) is 43.2. The molecule has 13 heteroatoms. The molecule has 0 spiro atoms. The van der Waals surface area contributed by atoms with Gasteiger partial charge in [0.2, 0.25) is 31.0 Å². The van der Waals surface area contributed by atoms with Crippen LogP contribution in [0.3, 0.4) is 0 Å². The minimum atomic E-state index is -3.23. The Morgan fingerprint density at radius 1 is 0.930 bits per heavy atom. The third kappa shape index (κ3) is 12.1. The summed E-state index contributed by atoms with van der Waals surface area (Å²) in [5, 5.41) is 5.85. The lowest BCUT2D eigenvalue weighted by molar-refractivity contribution is -0.145. The fourth-order valence-corrected chi connectivity index (χ4v) is 8.84. The van der Waals surface area contributed by atoms with Crippen molar-refractivity contribution >= 4 is 42.4 Å². The molecule has 3 aromatic rings. The SMILES string of the molecule is C/C(=C\C(=O)N[C@H]1CN(C(C)C)CC[C@H]2CC[C@@H](C(=O)N[C@@H](CCC(N)=O)C(=O)CC(c3ccccc3)c3ccccc3)N2C1=O)c1ccc(CP(C)(=O)O)cc1. The van der Waals surface area contributed by atoms with Crippen LogP contribution in [0.1, 0.15) is 87.5 Å². The van der Waals surface area contributed by atoms with E-state index in [9.17, 15) is 33.4 Å². The summed E-state index contributed by atoms with van der Waals surface area (Å²) >= 11 is 0. The van der Waals surface area contributed by atoms with Gasteiger partial charge in [-0.2, -0.15) is 0 Å². The number of rotatable bonds is 16. The van der Waals surface area contributed by atoms with Gasteiger partial charge in [-0.05, 0) is 74.3 Å².